The molecule has 0 bridgehead atoms. The summed E-state index contributed by atoms with van der Waals surface area (Å²) >= 11 is 0. The van der Waals surface area contributed by atoms with E-state index < -0.39 is 10.4 Å². The molecule has 0 saturated carbocycles. The molecule has 0 radical (unpaired) electrons. The van der Waals surface area contributed by atoms with Gasteiger partial charge in [-0.05, 0) is 12.1 Å². The van der Waals surface area contributed by atoms with Crippen LogP contribution in [-0.4, -0.2) is 8.42 Å². The minimum Gasteiger partial charge on any atom is -0.165 e. The van der Waals surface area contributed by atoms with E-state index in [0.29, 0.717) is 5.69 Å². The first kappa shape index (κ1) is 8.45. The Labute approximate surface area is 74.9 Å². The van der Waals surface area contributed by atoms with Crippen LogP contribution in [0.25, 0.3) is 0 Å². The Hall–Kier alpha value is -1.15. The number of rotatable bonds is 1. The van der Waals surface area contributed by atoms with Crippen LogP contribution >= 0.6 is 0 Å². The first-order valence-electron chi connectivity index (χ1n) is 3.41. The van der Waals surface area contributed by atoms with Gasteiger partial charge in [0.2, 0.25) is 0 Å². The van der Waals surface area contributed by atoms with Crippen molar-refractivity contribution >= 4 is 16.1 Å². The van der Waals surface area contributed by atoms with Crippen LogP contribution in [-0.2, 0) is 19.0 Å². The highest BCUT2D eigenvalue weighted by Gasteiger charge is 2.28. The van der Waals surface area contributed by atoms with Gasteiger partial charge in [0, 0.05) is 0 Å². The molecule has 0 atom stereocenters. The van der Waals surface area contributed by atoms with E-state index in [9.17, 15) is 8.42 Å². The third kappa shape index (κ3) is 1.78. The molecule has 1 aromatic carbocycles. The third-order valence-corrected chi connectivity index (χ3v) is 1.99. The van der Waals surface area contributed by atoms with E-state index in [4.69, 9.17) is 0 Å². The molecule has 13 heavy (non-hydrogen) atoms. The quantitative estimate of drug-likeness (QED) is 0.697. The second-order valence-corrected chi connectivity index (χ2v) is 3.42. The summed E-state index contributed by atoms with van der Waals surface area (Å²) in [6.07, 6.45) is 0. The van der Waals surface area contributed by atoms with E-state index in [0.717, 1.165) is 5.17 Å². The number of anilines is 1. The van der Waals surface area contributed by atoms with Crippen molar-refractivity contribution in [3.8, 4) is 0 Å². The van der Waals surface area contributed by atoms with E-state index in [1.165, 1.54) is 0 Å². The van der Waals surface area contributed by atoms with E-state index in [-0.39, 0.29) is 0 Å². The number of hydrazine groups is 1. The van der Waals surface area contributed by atoms with Crippen LogP contribution in [0, 0.1) is 0 Å². The van der Waals surface area contributed by atoms with Gasteiger partial charge in [0.1, 0.15) is 0 Å². The Bertz CT molecular complexity index is 390. The van der Waals surface area contributed by atoms with Crippen LogP contribution in [0.4, 0.5) is 5.69 Å². The zero-order valence-corrected chi connectivity index (χ0v) is 7.19. The first-order valence-corrected chi connectivity index (χ1v) is 4.74. The van der Waals surface area contributed by atoms with Crippen molar-refractivity contribution in [2.24, 2.45) is 0 Å². The van der Waals surface area contributed by atoms with Gasteiger partial charge in [-0.15, -0.1) is 13.7 Å². The van der Waals surface area contributed by atoms with Crippen molar-refractivity contribution in [1.82, 2.24) is 5.59 Å². The van der Waals surface area contributed by atoms with E-state index >= 15 is 0 Å². The Morgan fingerprint density at radius 3 is 2.46 bits per heavy atom. The molecule has 0 aliphatic carbocycles. The summed E-state index contributed by atoms with van der Waals surface area (Å²) < 4.78 is 29.9. The van der Waals surface area contributed by atoms with Crippen molar-refractivity contribution in [3.05, 3.63) is 30.3 Å². The highest BCUT2D eigenvalue weighted by Crippen LogP contribution is 2.17. The topological polar surface area (TPSA) is 67.9 Å². The lowest BCUT2D eigenvalue weighted by Crippen LogP contribution is -2.28. The maximum Gasteiger partial charge on any atom is 0.440 e. The van der Waals surface area contributed by atoms with Crippen molar-refractivity contribution < 1.29 is 17.0 Å². The summed E-state index contributed by atoms with van der Waals surface area (Å²) in [5.74, 6) is 0. The lowest BCUT2D eigenvalue weighted by molar-refractivity contribution is 0.198. The highest BCUT2D eigenvalue weighted by molar-refractivity contribution is 7.82. The number of nitrogens with zero attached hydrogens (tertiary/aromatic N) is 1. The standard InChI is InChI=1S/C6H6N2O4S/c9-13(10)11-7-8(12-13)6-4-2-1-3-5-6/h1-5,7H. The van der Waals surface area contributed by atoms with E-state index in [1.807, 2.05) is 0 Å². The van der Waals surface area contributed by atoms with Crippen LogP contribution in [0.2, 0.25) is 0 Å². The first-order chi connectivity index (χ1) is 6.17. The fourth-order valence-electron chi connectivity index (χ4n) is 0.860. The molecule has 7 heteroatoms. The number of hydrogen-bond donors (Lipinski definition) is 1. The van der Waals surface area contributed by atoms with Gasteiger partial charge in [-0.2, -0.15) is 8.42 Å². The van der Waals surface area contributed by atoms with Gasteiger partial charge in [0.25, 0.3) is 0 Å². The summed E-state index contributed by atoms with van der Waals surface area (Å²) in [5.41, 5.74) is 2.62. The Morgan fingerprint density at radius 1 is 1.23 bits per heavy atom. The number of benzene rings is 1. The number of hydrogen-bond acceptors (Lipinski definition) is 6. The lowest BCUT2D eigenvalue weighted by Gasteiger charge is -2.09. The van der Waals surface area contributed by atoms with E-state index in [2.05, 4.69) is 14.2 Å². The largest absolute Gasteiger partial charge is 0.440 e. The van der Waals surface area contributed by atoms with Gasteiger partial charge in [-0.25, -0.2) is 0 Å². The highest BCUT2D eigenvalue weighted by atomic mass is 32.3. The predicted molar refractivity (Wildman–Crippen MR) is 43.1 cm³/mol. The molecule has 6 nitrogen and oxygen atoms in total. The SMILES string of the molecule is O=S1(=O)ONN(c2ccccc2)O1. The van der Waals surface area contributed by atoms with Gasteiger partial charge in [-0.1, -0.05) is 23.8 Å². The second-order valence-electron chi connectivity index (χ2n) is 2.29. The zero-order valence-electron chi connectivity index (χ0n) is 6.38. The molecular formula is C6H6N2O4S. The Morgan fingerprint density at radius 2 is 1.92 bits per heavy atom. The fourth-order valence-corrected chi connectivity index (χ4v) is 1.35. The lowest BCUT2D eigenvalue weighted by atomic mass is 10.3. The van der Waals surface area contributed by atoms with Crippen LogP contribution in [0.3, 0.4) is 0 Å². The Balaban J connectivity index is 2.22. The molecule has 1 aromatic rings. The number of nitrogens with one attached hydrogen (secondary N) is 1. The predicted octanol–water partition coefficient (Wildman–Crippen LogP) is 0.119. The van der Waals surface area contributed by atoms with Crippen molar-refractivity contribution in [3.63, 3.8) is 0 Å². The van der Waals surface area contributed by atoms with Crippen molar-refractivity contribution in [2.75, 3.05) is 5.17 Å². The Kier molecular flexibility index (Phi) is 1.93. The van der Waals surface area contributed by atoms with Crippen LogP contribution in [0.1, 0.15) is 0 Å². The molecule has 1 fully saturated rings. The minimum atomic E-state index is -3.93. The molecule has 1 aliphatic rings. The molecule has 1 saturated heterocycles. The molecule has 0 unspecified atom stereocenters. The van der Waals surface area contributed by atoms with Crippen molar-refractivity contribution in [1.29, 1.82) is 0 Å². The van der Waals surface area contributed by atoms with Gasteiger partial charge in [0.05, 0.1) is 5.69 Å². The smallest absolute Gasteiger partial charge is 0.165 e. The van der Waals surface area contributed by atoms with Gasteiger partial charge < -0.3 is 0 Å². The van der Waals surface area contributed by atoms with Crippen LogP contribution in [0.15, 0.2) is 30.3 Å². The van der Waals surface area contributed by atoms with Gasteiger partial charge in [0.15, 0.2) is 0 Å². The average molecular weight is 202 g/mol. The second kappa shape index (κ2) is 2.96. The molecule has 1 aliphatic heterocycles. The molecule has 2 rings (SSSR count). The van der Waals surface area contributed by atoms with Crippen LogP contribution in [0.5, 0.6) is 0 Å². The average Bonchev–Trinajstić information content (AvgIpc) is 2.48. The molecule has 0 aromatic heterocycles. The fraction of sp³-hybridized carbons (Fsp3) is 0. The molecule has 0 amide bonds. The molecule has 0 spiro atoms. The van der Waals surface area contributed by atoms with Crippen molar-refractivity contribution in [2.45, 2.75) is 0 Å². The van der Waals surface area contributed by atoms with E-state index in [1.54, 1.807) is 30.3 Å². The van der Waals surface area contributed by atoms with Crippen LogP contribution < -0.4 is 10.8 Å². The molecule has 1 N–H and O–H groups in total. The number of para-hydroxylation sites is 1. The maximum atomic E-state index is 10.7. The minimum absolute atomic E-state index is 0.531. The summed E-state index contributed by atoms with van der Waals surface area (Å²) in [5, 5.41) is 0.912. The monoisotopic (exact) mass is 202 g/mol. The molecule has 1 heterocycles. The molecular weight excluding hydrogens is 196 g/mol. The summed E-state index contributed by atoms with van der Waals surface area (Å²) in [4.78, 5) is 0. The summed E-state index contributed by atoms with van der Waals surface area (Å²) in [7, 11) is -3.93. The van der Waals surface area contributed by atoms with Gasteiger partial charge >= 0.3 is 10.4 Å². The third-order valence-electron chi connectivity index (χ3n) is 1.38. The summed E-state index contributed by atoms with van der Waals surface area (Å²) in [6.45, 7) is 0. The zero-order chi connectivity index (χ0) is 9.31. The summed E-state index contributed by atoms with van der Waals surface area (Å²) in [6, 6.07) is 8.61. The molecule has 70 valence electrons. The normalized spacial score (nSPS) is 20.5. The van der Waals surface area contributed by atoms with Gasteiger partial charge in [-0.3, -0.25) is 0 Å². The maximum absolute atomic E-state index is 10.7.